The van der Waals surface area contributed by atoms with Crippen molar-refractivity contribution in [3.63, 3.8) is 0 Å². The van der Waals surface area contributed by atoms with Crippen LogP contribution < -0.4 is 5.32 Å². The molecule has 2 rings (SSSR count). The van der Waals surface area contributed by atoms with Crippen LogP contribution in [0.4, 0.5) is 0 Å². The van der Waals surface area contributed by atoms with Crippen molar-refractivity contribution in [2.24, 2.45) is 0 Å². The summed E-state index contributed by atoms with van der Waals surface area (Å²) in [5.74, 6) is 0. The molecule has 2 aliphatic heterocycles. The number of likely N-dealkylation sites (tertiary alicyclic amines) is 1. The van der Waals surface area contributed by atoms with Crippen molar-refractivity contribution in [2.45, 2.75) is 38.3 Å². The van der Waals surface area contributed by atoms with Gasteiger partial charge in [0.1, 0.15) is 0 Å². The predicted octanol–water partition coefficient (Wildman–Crippen LogP) is 0.849. The van der Waals surface area contributed by atoms with E-state index in [1.54, 1.807) is 0 Å². The fourth-order valence-corrected chi connectivity index (χ4v) is 2.48. The summed E-state index contributed by atoms with van der Waals surface area (Å²) < 4.78 is 5.73. The molecule has 0 aromatic heterocycles. The quantitative estimate of drug-likeness (QED) is 0.712. The van der Waals surface area contributed by atoms with E-state index >= 15 is 0 Å². The zero-order chi connectivity index (χ0) is 10.0. The summed E-state index contributed by atoms with van der Waals surface area (Å²) in [6, 6.07) is 0. The summed E-state index contributed by atoms with van der Waals surface area (Å²) in [4.78, 5) is 2.57. The lowest BCUT2D eigenvalue weighted by atomic mass is 10.0. The molecule has 2 aliphatic rings. The van der Waals surface area contributed by atoms with Crippen LogP contribution in [0.1, 0.15) is 26.7 Å². The Hall–Kier alpha value is -0.120. The van der Waals surface area contributed by atoms with Crippen LogP contribution in [-0.4, -0.2) is 49.3 Å². The van der Waals surface area contributed by atoms with Crippen molar-refractivity contribution in [2.75, 3.05) is 32.8 Å². The summed E-state index contributed by atoms with van der Waals surface area (Å²) in [5.41, 5.74) is 0.390. The maximum Gasteiger partial charge on any atom is 0.0826 e. The first-order chi connectivity index (χ1) is 6.68. The van der Waals surface area contributed by atoms with E-state index < -0.39 is 0 Å². The number of morpholine rings is 1. The third-order valence-corrected chi connectivity index (χ3v) is 3.50. The van der Waals surface area contributed by atoms with Gasteiger partial charge in [0, 0.05) is 25.2 Å². The number of hydrogen-bond acceptors (Lipinski definition) is 3. The van der Waals surface area contributed by atoms with Crippen LogP contribution in [0, 0.1) is 0 Å². The SMILES string of the molecule is CC1(C)CCCN1CC1CNCCO1. The second-order valence-corrected chi connectivity index (χ2v) is 5.06. The monoisotopic (exact) mass is 198 g/mol. The molecule has 3 heteroatoms. The van der Waals surface area contributed by atoms with Gasteiger partial charge in [0.05, 0.1) is 12.7 Å². The van der Waals surface area contributed by atoms with Gasteiger partial charge in [-0.2, -0.15) is 0 Å². The number of hydrogen-bond donors (Lipinski definition) is 1. The van der Waals surface area contributed by atoms with E-state index in [0.717, 1.165) is 26.2 Å². The minimum Gasteiger partial charge on any atom is -0.374 e. The first-order valence-electron chi connectivity index (χ1n) is 5.76. The lowest BCUT2D eigenvalue weighted by Crippen LogP contribution is -2.49. The minimum absolute atomic E-state index is 0.390. The molecule has 0 amide bonds. The van der Waals surface area contributed by atoms with Crippen molar-refractivity contribution in [3.8, 4) is 0 Å². The molecule has 0 aromatic rings. The standard InChI is InChI=1S/C11H22N2O/c1-11(2)4-3-6-13(11)9-10-8-12-5-7-14-10/h10,12H,3-9H2,1-2H3. The van der Waals surface area contributed by atoms with Crippen LogP contribution >= 0.6 is 0 Å². The van der Waals surface area contributed by atoms with Gasteiger partial charge in [0.2, 0.25) is 0 Å². The van der Waals surface area contributed by atoms with Crippen LogP contribution in [-0.2, 0) is 4.74 Å². The lowest BCUT2D eigenvalue weighted by molar-refractivity contribution is -0.00618. The number of rotatable bonds is 2. The average Bonchev–Trinajstić information content (AvgIpc) is 2.48. The molecule has 2 fully saturated rings. The van der Waals surface area contributed by atoms with Gasteiger partial charge in [-0.1, -0.05) is 0 Å². The van der Waals surface area contributed by atoms with E-state index in [9.17, 15) is 0 Å². The number of ether oxygens (including phenoxy) is 1. The fraction of sp³-hybridized carbons (Fsp3) is 1.00. The largest absolute Gasteiger partial charge is 0.374 e. The van der Waals surface area contributed by atoms with E-state index in [2.05, 4.69) is 24.1 Å². The van der Waals surface area contributed by atoms with Gasteiger partial charge in [-0.05, 0) is 33.2 Å². The van der Waals surface area contributed by atoms with Crippen LogP contribution in [0.3, 0.4) is 0 Å². The van der Waals surface area contributed by atoms with Gasteiger partial charge in [0.25, 0.3) is 0 Å². The van der Waals surface area contributed by atoms with Crippen LogP contribution in [0.2, 0.25) is 0 Å². The van der Waals surface area contributed by atoms with Gasteiger partial charge < -0.3 is 10.1 Å². The number of nitrogens with zero attached hydrogens (tertiary/aromatic N) is 1. The Balaban J connectivity index is 1.83. The molecule has 2 heterocycles. The van der Waals surface area contributed by atoms with Crippen LogP contribution in [0.15, 0.2) is 0 Å². The van der Waals surface area contributed by atoms with E-state index in [0.29, 0.717) is 11.6 Å². The zero-order valence-electron chi connectivity index (χ0n) is 9.38. The first-order valence-corrected chi connectivity index (χ1v) is 5.76. The molecular formula is C11H22N2O. The first kappa shape index (κ1) is 10.4. The Morgan fingerprint density at radius 2 is 2.36 bits per heavy atom. The zero-order valence-corrected chi connectivity index (χ0v) is 9.38. The second-order valence-electron chi connectivity index (χ2n) is 5.06. The highest BCUT2D eigenvalue weighted by Gasteiger charge is 2.33. The molecule has 0 saturated carbocycles. The Bertz CT molecular complexity index is 188. The third kappa shape index (κ3) is 2.27. The van der Waals surface area contributed by atoms with E-state index in [-0.39, 0.29) is 0 Å². The van der Waals surface area contributed by atoms with E-state index in [1.165, 1.54) is 19.4 Å². The molecule has 0 aromatic carbocycles. The van der Waals surface area contributed by atoms with Gasteiger partial charge in [-0.15, -0.1) is 0 Å². The maximum atomic E-state index is 5.73. The maximum absolute atomic E-state index is 5.73. The van der Waals surface area contributed by atoms with Crippen molar-refractivity contribution in [1.29, 1.82) is 0 Å². The molecule has 0 aliphatic carbocycles. The van der Waals surface area contributed by atoms with Crippen molar-refractivity contribution < 1.29 is 4.74 Å². The molecule has 82 valence electrons. The van der Waals surface area contributed by atoms with Crippen molar-refractivity contribution in [1.82, 2.24) is 10.2 Å². The lowest BCUT2D eigenvalue weighted by Gasteiger charge is -2.35. The molecule has 1 unspecified atom stereocenters. The predicted molar refractivity (Wildman–Crippen MR) is 57.5 cm³/mol. The Kier molecular flexibility index (Phi) is 3.10. The van der Waals surface area contributed by atoms with Gasteiger partial charge >= 0.3 is 0 Å². The van der Waals surface area contributed by atoms with Crippen LogP contribution in [0.5, 0.6) is 0 Å². The Morgan fingerprint density at radius 3 is 2.93 bits per heavy atom. The third-order valence-electron chi connectivity index (χ3n) is 3.50. The van der Waals surface area contributed by atoms with E-state index in [4.69, 9.17) is 4.74 Å². The molecular weight excluding hydrogens is 176 g/mol. The van der Waals surface area contributed by atoms with Gasteiger partial charge in [0.15, 0.2) is 0 Å². The smallest absolute Gasteiger partial charge is 0.0826 e. The van der Waals surface area contributed by atoms with Gasteiger partial charge in [-0.25, -0.2) is 0 Å². The van der Waals surface area contributed by atoms with Crippen molar-refractivity contribution in [3.05, 3.63) is 0 Å². The summed E-state index contributed by atoms with van der Waals surface area (Å²) in [6.07, 6.45) is 3.07. The Morgan fingerprint density at radius 1 is 1.50 bits per heavy atom. The second kappa shape index (κ2) is 4.17. The van der Waals surface area contributed by atoms with Gasteiger partial charge in [-0.3, -0.25) is 4.90 Å². The highest BCUT2D eigenvalue weighted by atomic mass is 16.5. The molecule has 1 N–H and O–H groups in total. The topological polar surface area (TPSA) is 24.5 Å². The van der Waals surface area contributed by atoms with Crippen molar-refractivity contribution >= 4 is 0 Å². The average molecular weight is 198 g/mol. The summed E-state index contributed by atoms with van der Waals surface area (Å²) in [6.45, 7) is 9.94. The molecule has 0 radical (unpaired) electrons. The highest BCUT2D eigenvalue weighted by Crippen LogP contribution is 2.28. The highest BCUT2D eigenvalue weighted by molar-refractivity contribution is 4.89. The minimum atomic E-state index is 0.390. The normalized spacial score (nSPS) is 33.4. The van der Waals surface area contributed by atoms with Crippen LogP contribution in [0.25, 0.3) is 0 Å². The molecule has 0 spiro atoms. The van der Waals surface area contributed by atoms with E-state index in [1.807, 2.05) is 0 Å². The molecule has 0 bridgehead atoms. The fourth-order valence-electron chi connectivity index (χ4n) is 2.48. The molecule has 3 nitrogen and oxygen atoms in total. The number of nitrogens with one attached hydrogen (secondary N) is 1. The molecule has 2 saturated heterocycles. The summed E-state index contributed by atoms with van der Waals surface area (Å²) >= 11 is 0. The summed E-state index contributed by atoms with van der Waals surface area (Å²) in [7, 11) is 0. The molecule has 1 atom stereocenters. The summed E-state index contributed by atoms with van der Waals surface area (Å²) in [5, 5.41) is 3.38. The Labute approximate surface area is 86.8 Å². The molecule has 14 heavy (non-hydrogen) atoms.